The van der Waals surface area contributed by atoms with E-state index in [2.05, 4.69) is 41.8 Å². The van der Waals surface area contributed by atoms with Gasteiger partial charge < -0.3 is 10.6 Å². The smallest absolute Gasteiger partial charge is 0.239 e. The van der Waals surface area contributed by atoms with Crippen LogP contribution >= 0.6 is 11.8 Å². The van der Waals surface area contributed by atoms with Crippen LogP contribution in [0.3, 0.4) is 0 Å². The highest BCUT2D eigenvalue weighted by atomic mass is 32.2. The fourth-order valence-corrected chi connectivity index (χ4v) is 5.46. The average Bonchev–Trinajstić information content (AvgIpc) is 2.79. The van der Waals surface area contributed by atoms with Crippen molar-refractivity contribution in [1.29, 1.82) is 0 Å². The molecule has 0 saturated carbocycles. The SMILES string of the molecule is Cc1ccc(CSCCNC(=O)CNc2ccc(C)cc2S(=O)(=O)c2ccccc2)cc1. The third-order valence-electron chi connectivity index (χ3n) is 4.88. The van der Waals surface area contributed by atoms with Crippen molar-refractivity contribution < 1.29 is 13.2 Å². The summed E-state index contributed by atoms with van der Waals surface area (Å²) >= 11 is 1.76. The highest BCUT2D eigenvalue weighted by Crippen LogP contribution is 2.28. The first-order valence-electron chi connectivity index (χ1n) is 10.4. The molecule has 7 heteroatoms. The molecule has 0 unspecified atom stereocenters. The number of carbonyl (C=O) groups excluding carboxylic acids is 1. The van der Waals surface area contributed by atoms with Gasteiger partial charge in [0.25, 0.3) is 0 Å². The molecular weight excluding hydrogens is 440 g/mol. The Morgan fingerprint density at radius 2 is 1.59 bits per heavy atom. The number of carbonyl (C=O) groups is 1. The molecular formula is C25H28N2O3S2. The van der Waals surface area contributed by atoms with E-state index in [1.807, 2.05) is 13.0 Å². The average molecular weight is 469 g/mol. The van der Waals surface area contributed by atoms with E-state index in [1.54, 1.807) is 54.2 Å². The number of benzene rings is 3. The molecule has 0 aromatic heterocycles. The zero-order chi connectivity index (χ0) is 23.0. The molecule has 0 aliphatic rings. The molecule has 0 aliphatic carbocycles. The van der Waals surface area contributed by atoms with E-state index in [0.29, 0.717) is 12.2 Å². The van der Waals surface area contributed by atoms with Gasteiger partial charge in [-0.15, -0.1) is 0 Å². The maximum atomic E-state index is 13.1. The standard InChI is InChI=1S/C25H28N2O3S2/c1-19-8-11-21(12-9-19)18-31-15-14-26-25(28)17-27-23-13-10-20(2)16-24(23)32(29,30)22-6-4-3-5-7-22/h3-13,16,27H,14-15,17-18H2,1-2H3,(H,26,28). The van der Waals surface area contributed by atoms with E-state index in [9.17, 15) is 13.2 Å². The third kappa shape index (κ3) is 6.61. The van der Waals surface area contributed by atoms with Crippen LogP contribution in [-0.4, -0.2) is 33.2 Å². The van der Waals surface area contributed by atoms with Gasteiger partial charge in [-0.25, -0.2) is 8.42 Å². The van der Waals surface area contributed by atoms with Gasteiger partial charge in [-0.05, 0) is 49.2 Å². The molecule has 0 fully saturated rings. The molecule has 3 aromatic rings. The topological polar surface area (TPSA) is 75.3 Å². The highest BCUT2D eigenvalue weighted by molar-refractivity contribution is 7.98. The van der Waals surface area contributed by atoms with Gasteiger partial charge in [0.15, 0.2) is 0 Å². The number of rotatable bonds is 10. The molecule has 5 nitrogen and oxygen atoms in total. The third-order valence-corrected chi connectivity index (χ3v) is 7.72. The molecule has 0 aliphatic heterocycles. The van der Waals surface area contributed by atoms with E-state index < -0.39 is 9.84 Å². The predicted octanol–water partition coefficient (Wildman–Crippen LogP) is 4.60. The Bertz CT molecular complexity index is 1150. The normalized spacial score (nSPS) is 11.2. The zero-order valence-electron chi connectivity index (χ0n) is 18.3. The van der Waals surface area contributed by atoms with Crippen molar-refractivity contribution >= 4 is 33.2 Å². The Morgan fingerprint density at radius 3 is 2.31 bits per heavy atom. The van der Waals surface area contributed by atoms with Crippen molar-refractivity contribution in [2.24, 2.45) is 0 Å². The first kappa shape index (κ1) is 23.9. The van der Waals surface area contributed by atoms with Gasteiger partial charge in [0.1, 0.15) is 0 Å². The second kappa shape index (κ2) is 11.2. The number of sulfone groups is 1. The molecule has 3 rings (SSSR count). The Hall–Kier alpha value is -2.77. The second-order valence-corrected chi connectivity index (χ2v) is 10.6. The van der Waals surface area contributed by atoms with E-state index in [0.717, 1.165) is 17.1 Å². The molecule has 168 valence electrons. The van der Waals surface area contributed by atoms with Crippen molar-refractivity contribution in [3.05, 3.63) is 89.5 Å². The lowest BCUT2D eigenvalue weighted by Gasteiger charge is -2.14. The van der Waals surface area contributed by atoms with Crippen molar-refractivity contribution in [2.75, 3.05) is 24.2 Å². The first-order valence-corrected chi connectivity index (χ1v) is 13.0. The van der Waals surface area contributed by atoms with Crippen LogP contribution in [0, 0.1) is 13.8 Å². The summed E-state index contributed by atoms with van der Waals surface area (Å²) in [5.41, 5.74) is 3.76. The summed E-state index contributed by atoms with van der Waals surface area (Å²) in [4.78, 5) is 12.6. The lowest BCUT2D eigenvalue weighted by Crippen LogP contribution is -2.31. The summed E-state index contributed by atoms with van der Waals surface area (Å²) in [6.45, 7) is 4.47. The van der Waals surface area contributed by atoms with Crippen molar-refractivity contribution in [3.63, 3.8) is 0 Å². The molecule has 32 heavy (non-hydrogen) atoms. The van der Waals surface area contributed by atoms with Gasteiger partial charge in [0.2, 0.25) is 15.7 Å². The number of nitrogens with one attached hydrogen (secondary N) is 2. The Balaban J connectivity index is 1.52. The van der Waals surface area contributed by atoms with Gasteiger partial charge in [0, 0.05) is 18.1 Å². The van der Waals surface area contributed by atoms with E-state index in [-0.39, 0.29) is 22.2 Å². The Morgan fingerprint density at radius 1 is 0.906 bits per heavy atom. The molecule has 0 bridgehead atoms. The maximum Gasteiger partial charge on any atom is 0.239 e. The highest BCUT2D eigenvalue weighted by Gasteiger charge is 2.21. The van der Waals surface area contributed by atoms with Crippen molar-refractivity contribution in [1.82, 2.24) is 5.32 Å². The van der Waals surface area contributed by atoms with Crippen LogP contribution in [0.4, 0.5) is 5.69 Å². The molecule has 3 aromatic carbocycles. The quantitative estimate of drug-likeness (QED) is 0.426. The molecule has 0 heterocycles. The lowest BCUT2D eigenvalue weighted by atomic mass is 10.2. The summed E-state index contributed by atoms with van der Waals surface area (Å²) in [5, 5.41) is 5.87. The van der Waals surface area contributed by atoms with Gasteiger partial charge in [-0.1, -0.05) is 54.1 Å². The van der Waals surface area contributed by atoms with Crippen LogP contribution in [0.15, 0.2) is 82.6 Å². The minimum atomic E-state index is -3.69. The summed E-state index contributed by atoms with van der Waals surface area (Å²) in [6.07, 6.45) is 0. The number of amides is 1. The van der Waals surface area contributed by atoms with E-state index >= 15 is 0 Å². The zero-order valence-corrected chi connectivity index (χ0v) is 19.9. The number of hydrogen-bond donors (Lipinski definition) is 2. The minimum Gasteiger partial charge on any atom is -0.375 e. The predicted molar refractivity (Wildman–Crippen MR) is 132 cm³/mol. The molecule has 1 amide bonds. The van der Waals surface area contributed by atoms with Gasteiger partial charge in [-0.2, -0.15) is 11.8 Å². The summed E-state index contributed by atoms with van der Waals surface area (Å²) in [5.74, 6) is 1.53. The molecule has 0 saturated heterocycles. The summed E-state index contributed by atoms with van der Waals surface area (Å²) in [6, 6.07) is 21.9. The van der Waals surface area contributed by atoms with Gasteiger partial charge >= 0.3 is 0 Å². The van der Waals surface area contributed by atoms with Crippen LogP contribution in [0.2, 0.25) is 0 Å². The van der Waals surface area contributed by atoms with Gasteiger partial charge in [0.05, 0.1) is 22.0 Å². The number of hydrogen-bond acceptors (Lipinski definition) is 5. The summed E-state index contributed by atoms with van der Waals surface area (Å²) in [7, 11) is -3.69. The van der Waals surface area contributed by atoms with Crippen LogP contribution in [-0.2, 0) is 20.4 Å². The number of anilines is 1. The Labute approximate surface area is 194 Å². The fourth-order valence-electron chi connectivity index (χ4n) is 3.10. The molecule has 0 atom stereocenters. The van der Waals surface area contributed by atoms with Gasteiger partial charge in [-0.3, -0.25) is 4.79 Å². The minimum absolute atomic E-state index is 0.00298. The second-order valence-electron chi connectivity index (χ2n) is 7.56. The molecule has 2 N–H and O–H groups in total. The van der Waals surface area contributed by atoms with E-state index in [4.69, 9.17) is 0 Å². The lowest BCUT2D eigenvalue weighted by molar-refractivity contribution is -0.119. The van der Waals surface area contributed by atoms with Crippen LogP contribution < -0.4 is 10.6 Å². The molecule has 0 radical (unpaired) electrons. The van der Waals surface area contributed by atoms with Crippen LogP contribution in [0.1, 0.15) is 16.7 Å². The number of aryl methyl sites for hydroxylation is 2. The van der Waals surface area contributed by atoms with E-state index in [1.165, 1.54) is 11.1 Å². The Kier molecular flexibility index (Phi) is 8.36. The monoisotopic (exact) mass is 468 g/mol. The van der Waals surface area contributed by atoms with Crippen LogP contribution in [0.25, 0.3) is 0 Å². The largest absolute Gasteiger partial charge is 0.375 e. The van der Waals surface area contributed by atoms with Crippen LogP contribution in [0.5, 0.6) is 0 Å². The first-order chi connectivity index (χ1) is 15.4. The van der Waals surface area contributed by atoms with Crippen molar-refractivity contribution in [3.8, 4) is 0 Å². The fraction of sp³-hybridized carbons (Fsp3) is 0.240. The molecule has 0 spiro atoms. The summed E-state index contributed by atoms with van der Waals surface area (Å²) < 4.78 is 26.2. The maximum absolute atomic E-state index is 13.1. The van der Waals surface area contributed by atoms with Crippen molar-refractivity contribution in [2.45, 2.75) is 29.4 Å². The number of thioether (sulfide) groups is 1.